The molecule has 0 aliphatic carbocycles. The average molecular weight is 252 g/mol. The van der Waals surface area contributed by atoms with Crippen LogP contribution in [0.15, 0.2) is 5.38 Å². The minimum absolute atomic E-state index is 0.145. The standard InChI is InChI=1S/C10H15F3N2S/c1-7(2)14-4-3-8-6-16-9(15-8)5-10(11,12)13/h6-7,14H,3-5H2,1-2H3. The second-order valence-corrected chi connectivity index (χ2v) is 4.83. The molecule has 0 aromatic carbocycles. The molecular formula is C10H15F3N2S. The molecule has 0 aliphatic rings. The molecule has 0 bridgehead atoms. The first-order chi connectivity index (χ1) is 7.37. The van der Waals surface area contributed by atoms with E-state index in [0.717, 1.165) is 23.6 Å². The summed E-state index contributed by atoms with van der Waals surface area (Å²) in [5, 5.41) is 5.04. The van der Waals surface area contributed by atoms with Crippen molar-refractivity contribution in [2.45, 2.75) is 38.9 Å². The van der Waals surface area contributed by atoms with Gasteiger partial charge in [-0.25, -0.2) is 4.98 Å². The van der Waals surface area contributed by atoms with Gasteiger partial charge < -0.3 is 5.32 Å². The molecule has 0 radical (unpaired) electrons. The van der Waals surface area contributed by atoms with E-state index in [1.54, 1.807) is 5.38 Å². The Bertz CT molecular complexity index is 320. The molecule has 0 unspecified atom stereocenters. The topological polar surface area (TPSA) is 24.9 Å². The van der Waals surface area contributed by atoms with Crippen LogP contribution < -0.4 is 5.32 Å². The van der Waals surface area contributed by atoms with Gasteiger partial charge in [-0.05, 0) is 0 Å². The summed E-state index contributed by atoms with van der Waals surface area (Å²) in [4.78, 5) is 3.95. The number of hydrogen-bond donors (Lipinski definition) is 1. The summed E-state index contributed by atoms with van der Waals surface area (Å²) in [6, 6.07) is 0.383. The minimum atomic E-state index is -4.16. The van der Waals surface area contributed by atoms with Crippen molar-refractivity contribution in [3.05, 3.63) is 16.1 Å². The van der Waals surface area contributed by atoms with E-state index >= 15 is 0 Å². The van der Waals surface area contributed by atoms with Crippen LogP contribution in [0.25, 0.3) is 0 Å². The second-order valence-electron chi connectivity index (χ2n) is 3.88. The molecule has 0 fully saturated rings. The molecule has 1 N–H and O–H groups in total. The number of nitrogens with zero attached hydrogens (tertiary/aromatic N) is 1. The Kier molecular flexibility index (Phi) is 4.73. The summed E-state index contributed by atoms with van der Waals surface area (Å²) >= 11 is 1.08. The summed E-state index contributed by atoms with van der Waals surface area (Å²) in [6.07, 6.45) is -4.41. The van der Waals surface area contributed by atoms with E-state index in [9.17, 15) is 13.2 Å². The molecule has 0 saturated carbocycles. The number of hydrogen-bond acceptors (Lipinski definition) is 3. The molecule has 1 aromatic rings. The van der Waals surface area contributed by atoms with E-state index in [2.05, 4.69) is 10.3 Å². The summed E-state index contributed by atoms with van der Waals surface area (Å²) in [5.41, 5.74) is 0.734. The Hall–Kier alpha value is -0.620. The summed E-state index contributed by atoms with van der Waals surface area (Å²) in [7, 11) is 0. The molecule has 1 aromatic heterocycles. The van der Waals surface area contributed by atoms with E-state index in [1.807, 2.05) is 13.8 Å². The fraction of sp³-hybridized carbons (Fsp3) is 0.700. The van der Waals surface area contributed by atoms with Gasteiger partial charge in [0.05, 0.1) is 12.1 Å². The van der Waals surface area contributed by atoms with Gasteiger partial charge in [-0.1, -0.05) is 13.8 Å². The van der Waals surface area contributed by atoms with Crippen molar-refractivity contribution >= 4 is 11.3 Å². The van der Waals surface area contributed by atoms with Gasteiger partial charge in [-0.3, -0.25) is 0 Å². The van der Waals surface area contributed by atoms with Crippen LogP contribution in [0.5, 0.6) is 0 Å². The molecule has 0 amide bonds. The van der Waals surface area contributed by atoms with Crippen molar-refractivity contribution in [2.75, 3.05) is 6.54 Å². The van der Waals surface area contributed by atoms with Crippen LogP contribution in [0, 0.1) is 0 Å². The Balaban J connectivity index is 2.40. The third-order valence-corrected chi connectivity index (χ3v) is 2.78. The second kappa shape index (κ2) is 5.63. The zero-order valence-electron chi connectivity index (χ0n) is 9.27. The predicted octanol–water partition coefficient (Wildman–Crippen LogP) is 2.79. The fourth-order valence-corrected chi connectivity index (χ4v) is 2.06. The molecule has 2 nitrogen and oxygen atoms in total. The molecule has 6 heteroatoms. The molecule has 0 atom stereocenters. The minimum Gasteiger partial charge on any atom is -0.314 e. The van der Waals surface area contributed by atoms with Crippen molar-refractivity contribution in [3.63, 3.8) is 0 Å². The van der Waals surface area contributed by atoms with Gasteiger partial charge in [0.15, 0.2) is 0 Å². The molecule has 92 valence electrons. The van der Waals surface area contributed by atoms with Gasteiger partial charge in [0.25, 0.3) is 0 Å². The molecule has 0 saturated heterocycles. The number of alkyl halides is 3. The Morgan fingerprint density at radius 1 is 1.44 bits per heavy atom. The number of halogens is 3. The molecule has 1 heterocycles. The summed E-state index contributed by atoms with van der Waals surface area (Å²) in [5.74, 6) is 0. The lowest BCUT2D eigenvalue weighted by Gasteiger charge is -2.05. The van der Waals surface area contributed by atoms with Crippen LogP contribution >= 0.6 is 11.3 Å². The Morgan fingerprint density at radius 3 is 2.69 bits per heavy atom. The Labute approximate surface area is 96.9 Å². The fourth-order valence-electron chi connectivity index (χ4n) is 1.21. The van der Waals surface area contributed by atoms with Crippen molar-refractivity contribution in [3.8, 4) is 0 Å². The normalized spacial score (nSPS) is 12.4. The highest BCUT2D eigenvalue weighted by molar-refractivity contribution is 7.09. The SMILES string of the molecule is CC(C)NCCc1csc(CC(F)(F)F)n1. The number of rotatable bonds is 5. The van der Waals surface area contributed by atoms with Crippen LogP contribution in [0.4, 0.5) is 13.2 Å². The lowest BCUT2D eigenvalue weighted by molar-refractivity contribution is -0.127. The first kappa shape index (κ1) is 13.4. The van der Waals surface area contributed by atoms with Crippen LogP contribution in [0.3, 0.4) is 0 Å². The average Bonchev–Trinajstić information content (AvgIpc) is 2.48. The largest absolute Gasteiger partial charge is 0.395 e. The van der Waals surface area contributed by atoms with Gasteiger partial charge in [-0.15, -0.1) is 11.3 Å². The van der Waals surface area contributed by atoms with E-state index in [0.29, 0.717) is 12.5 Å². The first-order valence-corrected chi connectivity index (χ1v) is 5.98. The maximum atomic E-state index is 12.1. The van der Waals surface area contributed by atoms with Crippen LogP contribution in [-0.2, 0) is 12.8 Å². The van der Waals surface area contributed by atoms with Gasteiger partial charge in [0, 0.05) is 24.4 Å². The van der Waals surface area contributed by atoms with Gasteiger partial charge in [0.2, 0.25) is 0 Å². The van der Waals surface area contributed by atoms with E-state index in [4.69, 9.17) is 0 Å². The zero-order chi connectivity index (χ0) is 12.2. The molecular weight excluding hydrogens is 237 g/mol. The Morgan fingerprint density at radius 2 is 2.12 bits per heavy atom. The molecule has 0 spiro atoms. The predicted molar refractivity (Wildman–Crippen MR) is 58.7 cm³/mol. The van der Waals surface area contributed by atoms with Gasteiger partial charge in [-0.2, -0.15) is 13.2 Å². The smallest absolute Gasteiger partial charge is 0.314 e. The summed E-state index contributed by atoms with van der Waals surface area (Å²) < 4.78 is 36.2. The number of nitrogens with one attached hydrogen (secondary N) is 1. The van der Waals surface area contributed by atoms with Crippen LogP contribution in [0.1, 0.15) is 24.5 Å². The molecule has 16 heavy (non-hydrogen) atoms. The summed E-state index contributed by atoms with van der Waals surface area (Å²) in [6.45, 7) is 4.79. The van der Waals surface area contributed by atoms with E-state index < -0.39 is 12.6 Å². The lowest BCUT2D eigenvalue weighted by Crippen LogP contribution is -2.25. The highest BCUT2D eigenvalue weighted by atomic mass is 32.1. The third kappa shape index (κ3) is 5.46. The van der Waals surface area contributed by atoms with Crippen molar-refractivity contribution in [1.29, 1.82) is 0 Å². The van der Waals surface area contributed by atoms with Crippen molar-refractivity contribution in [1.82, 2.24) is 10.3 Å². The highest BCUT2D eigenvalue weighted by Crippen LogP contribution is 2.23. The van der Waals surface area contributed by atoms with Gasteiger partial charge in [0.1, 0.15) is 5.01 Å². The van der Waals surface area contributed by atoms with Crippen LogP contribution in [0.2, 0.25) is 0 Å². The lowest BCUT2D eigenvalue weighted by atomic mass is 10.3. The monoisotopic (exact) mass is 252 g/mol. The number of aromatic nitrogens is 1. The molecule has 0 aliphatic heterocycles. The zero-order valence-corrected chi connectivity index (χ0v) is 10.1. The van der Waals surface area contributed by atoms with Crippen molar-refractivity contribution < 1.29 is 13.2 Å². The molecule has 1 rings (SSSR count). The number of thiazole rings is 1. The first-order valence-electron chi connectivity index (χ1n) is 5.10. The third-order valence-electron chi connectivity index (χ3n) is 1.88. The quantitative estimate of drug-likeness (QED) is 0.871. The maximum absolute atomic E-state index is 12.1. The van der Waals surface area contributed by atoms with E-state index in [1.165, 1.54) is 0 Å². The van der Waals surface area contributed by atoms with E-state index in [-0.39, 0.29) is 5.01 Å². The van der Waals surface area contributed by atoms with Gasteiger partial charge >= 0.3 is 6.18 Å². The van der Waals surface area contributed by atoms with Crippen molar-refractivity contribution in [2.24, 2.45) is 0 Å². The highest BCUT2D eigenvalue weighted by Gasteiger charge is 2.29. The maximum Gasteiger partial charge on any atom is 0.395 e. The van der Waals surface area contributed by atoms with Crippen LogP contribution in [-0.4, -0.2) is 23.7 Å².